The number of aromatic nitrogens is 3. The monoisotopic (exact) mass is 433 g/mol. The van der Waals surface area contributed by atoms with Gasteiger partial charge in [-0.3, -0.25) is 9.48 Å². The number of pyridine rings is 1. The summed E-state index contributed by atoms with van der Waals surface area (Å²) in [5.74, 6) is -0.301. The molecule has 10 heteroatoms. The third kappa shape index (κ3) is 3.70. The number of carboxylic acid groups (broad SMARTS) is 1. The Morgan fingerprint density at radius 3 is 3.09 bits per heavy atom. The molecule has 3 aromatic rings. The number of hydrogen-bond donors (Lipinski definition) is 3. The van der Waals surface area contributed by atoms with Crippen LogP contribution in [0.2, 0.25) is 0 Å². The fourth-order valence-corrected chi connectivity index (χ4v) is 3.90. The molecule has 0 radical (unpaired) electrons. The summed E-state index contributed by atoms with van der Waals surface area (Å²) < 4.78 is 7.01. The number of carboxylic acids is 1. The highest BCUT2D eigenvalue weighted by Crippen LogP contribution is 2.34. The van der Waals surface area contributed by atoms with Crippen molar-refractivity contribution in [2.45, 2.75) is 19.8 Å². The number of fused-ring (bicyclic) bond motifs is 2. The number of rotatable bonds is 5. The predicted molar refractivity (Wildman–Crippen MR) is 119 cm³/mol. The van der Waals surface area contributed by atoms with Crippen LogP contribution in [0.3, 0.4) is 0 Å². The lowest BCUT2D eigenvalue weighted by Gasteiger charge is -2.27. The number of carbonyl (C=O) groups is 1. The molecule has 10 nitrogen and oxygen atoms in total. The maximum Gasteiger partial charge on any atom is 0.325 e. The Kier molecular flexibility index (Phi) is 4.89. The second-order valence-electron chi connectivity index (χ2n) is 7.79. The van der Waals surface area contributed by atoms with Crippen LogP contribution < -0.4 is 25.9 Å². The van der Waals surface area contributed by atoms with Crippen LogP contribution in [0.4, 0.5) is 11.4 Å². The molecule has 1 atom stereocenters. The molecule has 0 fully saturated rings. The van der Waals surface area contributed by atoms with E-state index in [1.807, 2.05) is 24.3 Å². The quantitative estimate of drug-likeness (QED) is 0.542. The summed E-state index contributed by atoms with van der Waals surface area (Å²) in [6.45, 7) is 3.25. The van der Waals surface area contributed by atoms with Crippen molar-refractivity contribution in [2.24, 2.45) is 4.99 Å². The lowest BCUT2D eigenvalue weighted by Crippen LogP contribution is -2.43. The topological polar surface area (TPSA) is 117 Å². The van der Waals surface area contributed by atoms with E-state index in [1.165, 1.54) is 4.68 Å². The maximum atomic E-state index is 10.9. The van der Waals surface area contributed by atoms with Gasteiger partial charge in [0.2, 0.25) is 5.88 Å². The van der Waals surface area contributed by atoms with E-state index in [1.54, 1.807) is 12.4 Å². The van der Waals surface area contributed by atoms with E-state index < -0.39 is 5.97 Å². The average molecular weight is 433 g/mol. The van der Waals surface area contributed by atoms with E-state index in [4.69, 9.17) is 14.8 Å². The smallest absolute Gasteiger partial charge is 0.325 e. The molecule has 32 heavy (non-hydrogen) atoms. The molecule has 1 aromatic carbocycles. The largest absolute Gasteiger partial charge is 0.480 e. The first kappa shape index (κ1) is 19.9. The Labute approximate surface area is 183 Å². The Morgan fingerprint density at radius 2 is 2.25 bits per heavy atom. The number of aliphatic carboxylic acids is 1. The van der Waals surface area contributed by atoms with Crippen LogP contribution in [0, 0.1) is 6.92 Å². The van der Waals surface area contributed by atoms with E-state index in [9.17, 15) is 4.79 Å². The van der Waals surface area contributed by atoms with Gasteiger partial charge in [-0.1, -0.05) is 12.1 Å². The van der Waals surface area contributed by atoms with Gasteiger partial charge in [0.15, 0.2) is 6.29 Å². The van der Waals surface area contributed by atoms with Crippen LogP contribution in [0.1, 0.15) is 5.56 Å². The van der Waals surface area contributed by atoms with Crippen LogP contribution in [0.5, 0.6) is 5.88 Å². The van der Waals surface area contributed by atoms with E-state index >= 15 is 0 Å². The Balaban J connectivity index is 1.46. The molecular weight excluding hydrogens is 410 g/mol. The molecule has 164 valence electrons. The molecule has 2 aliphatic rings. The first-order chi connectivity index (χ1) is 15.5. The number of ether oxygens (including phenoxy) is 1. The summed E-state index contributed by atoms with van der Waals surface area (Å²) in [6, 6.07) is 6.18. The van der Waals surface area contributed by atoms with Crippen molar-refractivity contribution in [3.8, 4) is 17.0 Å². The Hall–Kier alpha value is -4.08. The second kappa shape index (κ2) is 7.88. The summed E-state index contributed by atoms with van der Waals surface area (Å²) in [5.41, 5.74) is 4.78. The zero-order chi connectivity index (χ0) is 22.2. The van der Waals surface area contributed by atoms with Gasteiger partial charge < -0.3 is 25.4 Å². The summed E-state index contributed by atoms with van der Waals surface area (Å²) >= 11 is 0. The summed E-state index contributed by atoms with van der Waals surface area (Å²) in [7, 11) is 1.93. The molecule has 0 saturated heterocycles. The SMILES string of the molecule is Cc1c(-c2ccc3c(c2)=NC(Nc2cnn(CC(=O)O)c2)N(C)C=3)cnc2c1NCCO2. The van der Waals surface area contributed by atoms with Gasteiger partial charge in [0.05, 0.1) is 17.2 Å². The normalized spacial score (nSPS) is 16.6. The molecule has 1 unspecified atom stereocenters. The van der Waals surface area contributed by atoms with Crippen LogP contribution in [-0.2, 0) is 11.3 Å². The molecule has 5 rings (SSSR count). The van der Waals surface area contributed by atoms with Crippen molar-refractivity contribution in [1.29, 1.82) is 0 Å². The van der Waals surface area contributed by atoms with E-state index in [2.05, 4.69) is 45.8 Å². The first-order valence-corrected chi connectivity index (χ1v) is 10.3. The van der Waals surface area contributed by atoms with E-state index in [0.29, 0.717) is 18.2 Å². The van der Waals surface area contributed by atoms with Gasteiger partial charge in [0.25, 0.3) is 0 Å². The summed E-state index contributed by atoms with van der Waals surface area (Å²) in [6.07, 6.45) is 6.77. The van der Waals surface area contributed by atoms with Gasteiger partial charge in [-0.25, -0.2) is 9.98 Å². The lowest BCUT2D eigenvalue weighted by molar-refractivity contribution is -0.137. The third-order valence-electron chi connectivity index (χ3n) is 5.50. The van der Waals surface area contributed by atoms with Crippen molar-refractivity contribution in [3.63, 3.8) is 0 Å². The molecule has 0 saturated carbocycles. The standard InChI is InChI=1S/C22H23N7O3/c1-13-17(9-24-21-20(13)23-5-6-32-21)14-3-4-15-10-28(2)22(27-18(15)7-14)26-16-8-25-29(11-16)12-19(30)31/h3-4,7-11,22-23,26H,5-6,12H2,1-2H3,(H,30,31). The third-order valence-corrected chi connectivity index (χ3v) is 5.50. The highest BCUT2D eigenvalue weighted by molar-refractivity contribution is 5.75. The fourth-order valence-electron chi connectivity index (χ4n) is 3.90. The first-order valence-electron chi connectivity index (χ1n) is 10.3. The zero-order valence-electron chi connectivity index (χ0n) is 17.7. The fraction of sp³-hybridized carbons (Fsp3) is 0.273. The van der Waals surface area contributed by atoms with E-state index in [0.717, 1.165) is 39.5 Å². The average Bonchev–Trinajstić information content (AvgIpc) is 3.20. The molecule has 2 aliphatic heterocycles. The van der Waals surface area contributed by atoms with Crippen molar-refractivity contribution >= 4 is 23.5 Å². The van der Waals surface area contributed by atoms with Gasteiger partial charge in [-0.2, -0.15) is 5.10 Å². The van der Waals surface area contributed by atoms with Gasteiger partial charge in [-0.15, -0.1) is 0 Å². The number of nitrogens with one attached hydrogen (secondary N) is 2. The van der Waals surface area contributed by atoms with Crippen molar-refractivity contribution < 1.29 is 14.6 Å². The highest BCUT2D eigenvalue weighted by atomic mass is 16.5. The van der Waals surface area contributed by atoms with Gasteiger partial charge in [0.1, 0.15) is 18.8 Å². The summed E-state index contributed by atoms with van der Waals surface area (Å²) in [5, 5.41) is 21.5. The predicted octanol–water partition coefficient (Wildman–Crippen LogP) is 0.841. The summed E-state index contributed by atoms with van der Waals surface area (Å²) in [4.78, 5) is 22.2. The molecule has 4 heterocycles. The van der Waals surface area contributed by atoms with Crippen molar-refractivity contribution in [2.75, 3.05) is 30.8 Å². The molecular formula is C22H23N7O3. The number of benzene rings is 1. The molecule has 3 N–H and O–H groups in total. The zero-order valence-corrected chi connectivity index (χ0v) is 17.7. The Morgan fingerprint density at radius 1 is 1.38 bits per heavy atom. The molecule has 0 amide bonds. The second-order valence-corrected chi connectivity index (χ2v) is 7.79. The van der Waals surface area contributed by atoms with Gasteiger partial charge in [-0.05, 0) is 24.1 Å². The molecule has 0 spiro atoms. The minimum Gasteiger partial charge on any atom is -0.480 e. The highest BCUT2D eigenvalue weighted by Gasteiger charge is 2.19. The van der Waals surface area contributed by atoms with Crippen LogP contribution >= 0.6 is 0 Å². The Bertz CT molecular complexity index is 1320. The van der Waals surface area contributed by atoms with Crippen LogP contribution in [0.25, 0.3) is 17.3 Å². The van der Waals surface area contributed by atoms with Crippen LogP contribution in [-0.4, -0.2) is 57.2 Å². The maximum absolute atomic E-state index is 10.9. The lowest BCUT2D eigenvalue weighted by atomic mass is 10.0. The number of nitrogens with zero attached hydrogens (tertiary/aromatic N) is 5. The van der Waals surface area contributed by atoms with Crippen LogP contribution in [0.15, 0.2) is 41.8 Å². The minimum absolute atomic E-state index is 0.189. The van der Waals surface area contributed by atoms with E-state index in [-0.39, 0.29) is 12.8 Å². The minimum atomic E-state index is -0.942. The number of hydrogen-bond acceptors (Lipinski definition) is 8. The van der Waals surface area contributed by atoms with Gasteiger partial charge in [0, 0.05) is 43.0 Å². The van der Waals surface area contributed by atoms with Crippen molar-refractivity contribution in [1.82, 2.24) is 19.7 Å². The number of anilines is 2. The molecule has 0 aliphatic carbocycles. The molecule has 2 aromatic heterocycles. The van der Waals surface area contributed by atoms with Gasteiger partial charge >= 0.3 is 5.97 Å². The van der Waals surface area contributed by atoms with Crippen molar-refractivity contribution in [3.05, 3.63) is 52.9 Å². The molecule has 0 bridgehead atoms.